The number of anilines is 2. The van der Waals surface area contributed by atoms with Gasteiger partial charge in [0.25, 0.3) is 5.91 Å². The van der Waals surface area contributed by atoms with Gasteiger partial charge in [-0.25, -0.2) is 14.3 Å². The molecule has 1 aromatic heterocycles. The van der Waals surface area contributed by atoms with E-state index in [0.717, 1.165) is 32.5 Å². The number of benzene rings is 2. The van der Waals surface area contributed by atoms with Gasteiger partial charge in [0, 0.05) is 31.2 Å². The van der Waals surface area contributed by atoms with Gasteiger partial charge in [0.15, 0.2) is 0 Å². The summed E-state index contributed by atoms with van der Waals surface area (Å²) in [4.78, 5) is 36.3. The van der Waals surface area contributed by atoms with Crippen LogP contribution >= 0.6 is 11.6 Å². The molecule has 0 bridgehead atoms. The van der Waals surface area contributed by atoms with Gasteiger partial charge in [-0.3, -0.25) is 9.69 Å². The number of hydrogen-bond acceptors (Lipinski definition) is 5. The number of likely N-dealkylation sites (tertiary alicyclic amines) is 1. The average Bonchev–Trinajstić information content (AvgIpc) is 3.39. The number of carboxylic acids is 1. The van der Waals surface area contributed by atoms with Gasteiger partial charge in [-0.2, -0.15) is 18.3 Å². The van der Waals surface area contributed by atoms with Crippen molar-refractivity contribution in [3.63, 3.8) is 0 Å². The zero-order valence-corrected chi connectivity index (χ0v) is 22.5. The summed E-state index contributed by atoms with van der Waals surface area (Å²) in [6.07, 6.45) is 1.88. The molecule has 3 aromatic rings. The van der Waals surface area contributed by atoms with Gasteiger partial charge in [0.2, 0.25) is 0 Å². The Morgan fingerprint density at radius 3 is 2.41 bits per heavy atom. The van der Waals surface area contributed by atoms with Crippen molar-refractivity contribution in [1.29, 1.82) is 0 Å². The first-order chi connectivity index (χ1) is 19.5. The zero-order chi connectivity index (χ0) is 30.0. The van der Waals surface area contributed by atoms with E-state index in [1.54, 1.807) is 47.3 Å². The number of carbonyl (C=O) groups excluding carboxylic acids is 2. The van der Waals surface area contributed by atoms with Gasteiger partial charge in [-0.1, -0.05) is 35.9 Å². The van der Waals surface area contributed by atoms with E-state index in [1.807, 2.05) is 18.2 Å². The lowest BCUT2D eigenvalue weighted by Gasteiger charge is -2.31. The van der Waals surface area contributed by atoms with E-state index in [2.05, 4.69) is 32.5 Å². The van der Waals surface area contributed by atoms with Crippen LogP contribution in [0.1, 0.15) is 23.2 Å². The van der Waals surface area contributed by atoms with Crippen molar-refractivity contribution in [2.75, 3.05) is 30.3 Å². The van der Waals surface area contributed by atoms with Crippen molar-refractivity contribution in [1.82, 2.24) is 20.0 Å². The first kappa shape index (κ1) is 31.2. The molecular weight excluding hydrogens is 565 g/mol. The third-order valence-corrected chi connectivity index (χ3v) is 6.22. The number of aromatic nitrogens is 2. The number of hydrogen-bond donors (Lipinski definition) is 4. The minimum absolute atomic E-state index is 0.103. The number of urea groups is 1. The zero-order valence-electron chi connectivity index (χ0n) is 21.7. The Hall–Kier alpha value is -4.36. The predicted molar refractivity (Wildman–Crippen MR) is 148 cm³/mol. The SMILES string of the molecule is C=CCN1CCC(NC(=O)c2cccc(-n3cc(NC(=O)Nc4ccccc4Cl)cn3)c2)CC1.O=C(O)C(F)(F)F. The number of nitrogens with one attached hydrogen (secondary N) is 3. The van der Waals surface area contributed by atoms with Crippen LogP contribution in [-0.4, -0.2) is 69.5 Å². The van der Waals surface area contributed by atoms with E-state index in [-0.39, 0.29) is 11.9 Å². The number of para-hydroxylation sites is 1. The summed E-state index contributed by atoms with van der Waals surface area (Å²) >= 11 is 6.08. The summed E-state index contributed by atoms with van der Waals surface area (Å²) in [5.41, 5.74) is 2.30. The molecular formula is C27H28ClF3N6O4. The molecule has 3 amide bonds. The predicted octanol–water partition coefficient (Wildman–Crippen LogP) is 5.18. The largest absolute Gasteiger partial charge is 0.490 e. The monoisotopic (exact) mass is 592 g/mol. The van der Waals surface area contributed by atoms with Crippen LogP contribution in [-0.2, 0) is 4.79 Å². The maximum absolute atomic E-state index is 12.8. The van der Waals surface area contributed by atoms with Crippen molar-refractivity contribution < 1.29 is 32.7 Å². The highest BCUT2D eigenvalue weighted by Gasteiger charge is 2.38. The van der Waals surface area contributed by atoms with Gasteiger partial charge in [0.1, 0.15) is 0 Å². The van der Waals surface area contributed by atoms with Crippen molar-refractivity contribution >= 4 is 40.9 Å². The minimum atomic E-state index is -5.08. The van der Waals surface area contributed by atoms with Gasteiger partial charge in [-0.15, -0.1) is 6.58 Å². The molecule has 4 N–H and O–H groups in total. The molecule has 4 rings (SSSR count). The van der Waals surface area contributed by atoms with Crippen LogP contribution in [0.2, 0.25) is 5.02 Å². The topological polar surface area (TPSA) is 129 Å². The Balaban J connectivity index is 0.000000587. The molecule has 0 saturated carbocycles. The molecule has 2 heterocycles. The number of aliphatic carboxylic acids is 1. The number of carboxylic acid groups (broad SMARTS) is 1. The van der Waals surface area contributed by atoms with Gasteiger partial charge in [0.05, 0.1) is 34.5 Å². The van der Waals surface area contributed by atoms with Crippen LogP contribution in [0.25, 0.3) is 5.69 Å². The van der Waals surface area contributed by atoms with E-state index in [0.29, 0.717) is 27.6 Å². The second-order valence-corrected chi connectivity index (χ2v) is 9.33. The molecule has 14 heteroatoms. The molecule has 1 aliphatic heterocycles. The Morgan fingerprint density at radius 1 is 1.10 bits per heavy atom. The number of rotatable bonds is 7. The maximum atomic E-state index is 12.8. The Morgan fingerprint density at radius 2 is 1.78 bits per heavy atom. The van der Waals surface area contributed by atoms with Crippen molar-refractivity contribution in [3.8, 4) is 5.69 Å². The summed E-state index contributed by atoms with van der Waals surface area (Å²) in [7, 11) is 0. The van der Waals surface area contributed by atoms with Gasteiger partial charge < -0.3 is 21.1 Å². The molecule has 41 heavy (non-hydrogen) atoms. The highest BCUT2D eigenvalue weighted by molar-refractivity contribution is 6.33. The average molecular weight is 593 g/mol. The Bertz CT molecular complexity index is 1370. The van der Waals surface area contributed by atoms with Crippen LogP contribution < -0.4 is 16.0 Å². The van der Waals surface area contributed by atoms with E-state index < -0.39 is 18.2 Å². The third kappa shape index (κ3) is 9.65. The first-order valence-corrected chi connectivity index (χ1v) is 12.8. The molecule has 0 spiro atoms. The highest BCUT2D eigenvalue weighted by atomic mass is 35.5. The third-order valence-electron chi connectivity index (χ3n) is 5.89. The molecule has 0 unspecified atom stereocenters. The fourth-order valence-electron chi connectivity index (χ4n) is 3.88. The molecule has 2 aromatic carbocycles. The Labute approximate surface area is 238 Å². The minimum Gasteiger partial charge on any atom is -0.475 e. The lowest BCUT2D eigenvalue weighted by atomic mass is 10.0. The van der Waals surface area contributed by atoms with Crippen LogP contribution in [0.4, 0.5) is 29.3 Å². The fourth-order valence-corrected chi connectivity index (χ4v) is 4.06. The van der Waals surface area contributed by atoms with E-state index in [1.165, 1.54) is 6.20 Å². The summed E-state index contributed by atoms with van der Waals surface area (Å²) in [6.45, 7) is 6.56. The summed E-state index contributed by atoms with van der Waals surface area (Å²) in [5, 5.41) is 20.5. The standard InChI is InChI=1S/C25H27ClN6O2.C2HF3O2/c1-2-12-31-13-10-19(11-14-31)28-24(33)18-6-5-7-21(15-18)32-17-20(16-27-32)29-25(34)30-23-9-4-3-8-22(23)26;3-2(4,5)1(6)7/h2-9,15-17,19H,1,10-14H2,(H,28,33)(H2,29,30,34);(H,6,7). The first-order valence-electron chi connectivity index (χ1n) is 12.4. The molecule has 0 radical (unpaired) electrons. The molecule has 1 saturated heterocycles. The smallest absolute Gasteiger partial charge is 0.475 e. The molecule has 0 atom stereocenters. The molecule has 1 aliphatic rings. The lowest BCUT2D eigenvalue weighted by molar-refractivity contribution is -0.192. The summed E-state index contributed by atoms with van der Waals surface area (Å²) < 4.78 is 33.3. The van der Waals surface area contributed by atoms with E-state index in [9.17, 15) is 22.8 Å². The second kappa shape index (κ2) is 14.3. The molecule has 10 nitrogen and oxygen atoms in total. The van der Waals surface area contributed by atoms with Gasteiger partial charge in [-0.05, 0) is 43.2 Å². The van der Waals surface area contributed by atoms with Crippen molar-refractivity contribution in [2.45, 2.75) is 25.1 Å². The molecule has 0 aliphatic carbocycles. The van der Waals surface area contributed by atoms with Crippen LogP contribution in [0.3, 0.4) is 0 Å². The quantitative estimate of drug-likeness (QED) is 0.280. The van der Waals surface area contributed by atoms with Crippen LogP contribution in [0.15, 0.2) is 73.6 Å². The van der Waals surface area contributed by atoms with Crippen molar-refractivity contribution in [3.05, 3.63) is 84.2 Å². The fraction of sp³-hybridized carbons (Fsp3) is 0.259. The second-order valence-electron chi connectivity index (χ2n) is 8.92. The number of piperidine rings is 1. The van der Waals surface area contributed by atoms with E-state index >= 15 is 0 Å². The van der Waals surface area contributed by atoms with Crippen molar-refractivity contribution in [2.24, 2.45) is 0 Å². The molecule has 1 fully saturated rings. The van der Waals surface area contributed by atoms with Crippen LogP contribution in [0, 0.1) is 0 Å². The number of nitrogens with zero attached hydrogens (tertiary/aromatic N) is 3. The normalized spacial score (nSPS) is 13.9. The summed E-state index contributed by atoms with van der Waals surface area (Å²) in [6, 6.07) is 14.0. The summed E-state index contributed by atoms with van der Waals surface area (Å²) in [5.74, 6) is -2.86. The molecule has 218 valence electrons. The Kier molecular flexibility index (Phi) is 10.9. The van der Waals surface area contributed by atoms with Crippen LogP contribution in [0.5, 0.6) is 0 Å². The highest BCUT2D eigenvalue weighted by Crippen LogP contribution is 2.21. The van der Waals surface area contributed by atoms with Gasteiger partial charge >= 0.3 is 18.2 Å². The maximum Gasteiger partial charge on any atom is 0.490 e. The number of halogens is 4. The van der Waals surface area contributed by atoms with E-state index in [4.69, 9.17) is 21.5 Å². The number of amides is 3. The number of alkyl halides is 3. The number of carbonyl (C=O) groups is 3. The lowest BCUT2D eigenvalue weighted by Crippen LogP contribution is -2.44.